The highest BCUT2D eigenvalue weighted by Gasteiger charge is 2.36. The van der Waals surface area contributed by atoms with Crippen LogP contribution in [-0.4, -0.2) is 32.6 Å². The zero-order chi connectivity index (χ0) is 17.6. The maximum Gasteiger partial charge on any atom is 0.370 e. The minimum Gasteiger partial charge on any atom is -0.481 e. The van der Waals surface area contributed by atoms with Crippen molar-refractivity contribution in [2.24, 2.45) is 0 Å². The SMILES string of the molecule is CCC(OC(=O)COc1cccc2ccccc12)P(=O)(OC)OC. The van der Waals surface area contributed by atoms with E-state index >= 15 is 0 Å². The third-order valence-corrected chi connectivity index (χ3v) is 5.77. The number of esters is 1. The Balaban J connectivity index is 2.03. The summed E-state index contributed by atoms with van der Waals surface area (Å²) in [4.78, 5) is 12.0. The molecular formula is C17H21O6P. The Kier molecular flexibility index (Phi) is 6.37. The molecule has 0 bridgehead atoms. The van der Waals surface area contributed by atoms with Crippen molar-refractivity contribution in [2.75, 3.05) is 20.8 Å². The van der Waals surface area contributed by atoms with Crippen molar-refractivity contribution in [1.82, 2.24) is 0 Å². The standard InChI is InChI=1S/C17H21O6P/c1-4-17(24(19,20-2)21-3)23-16(18)12-22-15-11-7-9-13-8-5-6-10-14(13)15/h5-11,17H,4,12H2,1-3H3. The van der Waals surface area contributed by atoms with Gasteiger partial charge >= 0.3 is 13.6 Å². The lowest BCUT2D eigenvalue weighted by Crippen LogP contribution is -2.23. The molecule has 2 rings (SSSR count). The minimum atomic E-state index is -3.48. The predicted molar refractivity (Wildman–Crippen MR) is 91.2 cm³/mol. The molecule has 0 N–H and O–H groups in total. The Morgan fingerprint density at radius 3 is 2.42 bits per heavy atom. The van der Waals surface area contributed by atoms with E-state index in [1.807, 2.05) is 36.4 Å². The predicted octanol–water partition coefficient (Wildman–Crippen LogP) is 3.98. The van der Waals surface area contributed by atoms with Crippen LogP contribution in [0.5, 0.6) is 5.75 Å². The van der Waals surface area contributed by atoms with Crippen molar-refractivity contribution in [3.8, 4) is 5.75 Å². The maximum absolute atomic E-state index is 12.3. The van der Waals surface area contributed by atoms with Crippen molar-refractivity contribution in [3.05, 3.63) is 42.5 Å². The van der Waals surface area contributed by atoms with Crippen LogP contribution < -0.4 is 4.74 Å². The van der Waals surface area contributed by atoms with Gasteiger partial charge in [0.1, 0.15) is 5.75 Å². The first kappa shape index (κ1) is 18.5. The Labute approximate surface area is 141 Å². The maximum atomic E-state index is 12.3. The molecule has 0 saturated heterocycles. The molecule has 2 aromatic carbocycles. The third-order valence-electron chi connectivity index (χ3n) is 3.57. The molecular weight excluding hydrogens is 331 g/mol. The Morgan fingerprint density at radius 1 is 1.08 bits per heavy atom. The lowest BCUT2D eigenvalue weighted by atomic mass is 10.1. The molecule has 1 atom stereocenters. The van der Waals surface area contributed by atoms with Gasteiger partial charge in [-0.25, -0.2) is 4.79 Å². The van der Waals surface area contributed by atoms with Crippen molar-refractivity contribution < 1.29 is 27.9 Å². The number of fused-ring (bicyclic) bond motifs is 1. The summed E-state index contributed by atoms with van der Waals surface area (Å²) in [6.07, 6.45) is 0.305. The average Bonchev–Trinajstić information content (AvgIpc) is 2.63. The lowest BCUT2D eigenvalue weighted by molar-refractivity contribution is -0.148. The fraction of sp³-hybridized carbons (Fsp3) is 0.353. The van der Waals surface area contributed by atoms with Gasteiger partial charge in [-0.05, 0) is 17.9 Å². The molecule has 0 aromatic heterocycles. The minimum absolute atomic E-state index is 0.294. The van der Waals surface area contributed by atoms with Gasteiger partial charge in [0.25, 0.3) is 0 Å². The van der Waals surface area contributed by atoms with Crippen molar-refractivity contribution in [3.63, 3.8) is 0 Å². The number of hydrogen-bond donors (Lipinski definition) is 0. The summed E-state index contributed by atoms with van der Waals surface area (Å²) >= 11 is 0. The van der Waals surface area contributed by atoms with Gasteiger partial charge in [0.2, 0.25) is 5.85 Å². The van der Waals surface area contributed by atoms with E-state index in [-0.39, 0.29) is 6.61 Å². The zero-order valence-electron chi connectivity index (χ0n) is 13.9. The fourth-order valence-corrected chi connectivity index (χ4v) is 3.64. The molecule has 0 aliphatic heterocycles. The topological polar surface area (TPSA) is 71.1 Å². The van der Waals surface area contributed by atoms with Crippen molar-refractivity contribution in [1.29, 1.82) is 0 Å². The molecule has 0 fully saturated rings. The molecule has 0 heterocycles. The monoisotopic (exact) mass is 352 g/mol. The quantitative estimate of drug-likeness (QED) is 0.528. The zero-order valence-corrected chi connectivity index (χ0v) is 14.8. The highest BCUT2D eigenvalue weighted by molar-refractivity contribution is 7.54. The summed E-state index contributed by atoms with van der Waals surface area (Å²) in [6, 6.07) is 13.3. The number of carbonyl (C=O) groups excluding carboxylic acids is 1. The van der Waals surface area contributed by atoms with Crippen LogP contribution in [-0.2, 0) is 23.1 Å². The smallest absolute Gasteiger partial charge is 0.370 e. The molecule has 1 unspecified atom stereocenters. The molecule has 0 radical (unpaired) electrons. The van der Waals surface area contributed by atoms with Crippen LogP contribution >= 0.6 is 7.60 Å². The highest BCUT2D eigenvalue weighted by Crippen LogP contribution is 2.53. The largest absolute Gasteiger partial charge is 0.481 e. The van der Waals surface area contributed by atoms with Gasteiger partial charge in [0, 0.05) is 19.6 Å². The van der Waals surface area contributed by atoms with Crippen molar-refractivity contribution >= 4 is 24.3 Å². The van der Waals surface area contributed by atoms with E-state index in [4.69, 9.17) is 18.5 Å². The van der Waals surface area contributed by atoms with E-state index in [9.17, 15) is 9.36 Å². The second-order valence-corrected chi connectivity index (χ2v) is 7.41. The third kappa shape index (κ3) is 4.15. The van der Waals surface area contributed by atoms with Crippen LogP contribution in [0.2, 0.25) is 0 Å². The molecule has 0 spiro atoms. The van der Waals surface area contributed by atoms with E-state index in [1.54, 1.807) is 13.0 Å². The van der Waals surface area contributed by atoms with Crippen LogP contribution in [0, 0.1) is 0 Å². The van der Waals surface area contributed by atoms with Gasteiger partial charge in [0.05, 0.1) is 0 Å². The molecule has 0 aliphatic rings. The van der Waals surface area contributed by atoms with Gasteiger partial charge in [-0.1, -0.05) is 43.3 Å². The van der Waals surface area contributed by atoms with E-state index in [0.29, 0.717) is 12.2 Å². The normalized spacial score (nSPS) is 12.8. The van der Waals surface area contributed by atoms with Gasteiger partial charge in [-0.3, -0.25) is 4.57 Å². The average molecular weight is 352 g/mol. The van der Waals surface area contributed by atoms with Gasteiger partial charge in [0.15, 0.2) is 6.61 Å². The van der Waals surface area contributed by atoms with E-state index in [0.717, 1.165) is 10.8 Å². The van der Waals surface area contributed by atoms with Crippen LogP contribution in [0.25, 0.3) is 10.8 Å². The molecule has 2 aromatic rings. The summed E-state index contributed by atoms with van der Waals surface area (Å²) < 4.78 is 32.8. The summed E-state index contributed by atoms with van der Waals surface area (Å²) in [7, 11) is -0.964. The molecule has 6 nitrogen and oxygen atoms in total. The van der Waals surface area contributed by atoms with E-state index in [1.165, 1.54) is 14.2 Å². The Bertz CT molecular complexity index is 731. The summed E-state index contributed by atoms with van der Waals surface area (Å²) in [6.45, 7) is 1.44. The van der Waals surface area contributed by atoms with Crippen LogP contribution in [0.3, 0.4) is 0 Å². The molecule has 7 heteroatoms. The molecule has 0 aliphatic carbocycles. The molecule has 24 heavy (non-hydrogen) atoms. The van der Waals surface area contributed by atoms with E-state index < -0.39 is 19.4 Å². The lowest BCUT2D eigenvalue weighted by Gasteiger charge is -2.23. The summed E-state index contributed by atoms with van der Waals surface area (Å²) in [5, 5.41) is 1.91. The highest BCUT2D eigenvalue weighted by atomic mass is 31.2. The Morgan fingerprint density at radius 2 is 1.75 bits per heavy atom. The number of hydrogen-bond acceptors (Lipinski definition) is 6. The van der Waals surface area contributed by atoms with Crippen molar-refractivity contribution in [2.45, 2.75) is 19.2 Å². The van der Waals surface area contributed by atoms with Crippen LogP contribution in [0.4, 0.5) is 0 Å². The summed E-state index contributed by atoms with van der Waals surface area (Å²) in [5.74, 6) is -1.01. The number of rotatable bonds is 8. The van der Waals surface area contributed by atoms with E-state index in [2.05, 4.69) is 0 Å². The molecule has 130 valence electrons. The van der Waals surface area contributed by atoms with Crippen LogP contribution in [0.1, 0.15) is 13.3 Å². The number of benzene rings is 2. The van der Waals surface area contributed by atoms with Gasteiger partial charge in [-0.15, -0.1) is 0 Å². The number of ether oxygens (including phenoxy) is 2. The molecule has 0 saturated carbocycles. The number of carbonyl (C=O) groups is 1. The molecule has 0 amide bonds. The van der Waals surface area contributed by atoms with Gasteiger partial charge in [-0.2, -0.15) is 0 Å². The first-order valence-corrected chi connectivity index (χ1v) is 9.16. The van der Waals surface area contributed by atoms with Crippen LogP contribution in [0.15, 0.2) is 42.5 Å². The first-order chi connectivity index (χ1) is 11.5. The second kappa shape index (κ2) is 8.29. The first-order valence-electron chi connectivity index (χ1n) is 7.55. The Hall–Kier alpha value is -1.88. The van der Waals surface area contributed by atoms with Gasteiger partial charge < -0.3 is 18.5 Å². The summed E-state index contributed by atoms with van der Waals surface area (Å²) in [5.41, 5.74) is 0. The fourth-order valence-electron chi connectivity index (χ4n) is 2.33. The second-order valence-electron chi connectivity index (χ2n) is 5.02.